The van der Waals surface area contributed by atoms with Crippen LogP contribution in [-0.2, 0) is 11.3 Å². The summed E-state index contributed by atoms with van der Waals surface area (Å²) >= 11 is 0. The molecule has 1 fully saturated rings. The number of ether oxygens (including phenoxy) is 1. The fourth-order valence-electron chi connectivity index (χ4n) is 5.29. The zero-order valence-electron chi connectivity index (χ0n) is 21.2. The SMILES string of the molecule is COc1cccc(F)c1CN1CC(c2cn(-c3ccc4[nH]nc(-c5ccncc5)c4c3)nn2)CC[C@H]1C(=O)O. The second-order valence-corrected chi connectivity index (χ2v) is 9.60. The van der Waals surface area contributed by atoms with Crippen LogP contribution in [0.25, 0.3) is 27.8 Å². The maximum Gasteiger partial charge on any atom is 0.320 e. The van der Waals surface area contributed by atoms with Crippen molar-refractivity contribution in [2.75, 3.05) is 13.7 Å². The first-order valence-corrected chi connectivity index (χ1v) is 12.6. The van der Waals surface area contributed by atoms with E-state index in [2.05, 4.69) is 25.5 Å². The Bertz CT molecular complexity index is 1640. The Morgan fingerprint density at radius 1 is 1.18 bits per heavy atom. The molecule has 11 heteroatoms. The highest BCUT2D eigenvalue weighted by atomic mass is 19.1. The number of likely N-dealkylation sites (tertiary alicyclic amines) is 1. The lowest BCUT2D eigenvalue weighted by atomic mass is 9.90. The van der Waals surface area contributed by atoms with E-state index in [1.165, 1.54) is 13.2 Å². The minimum Gasteiger partial charge on any atom is -0.496 e. The number of aromatic nitrogens is 6. The molecule has 5 aromatic rings. The summed E-state index contributed by atoms with van der Waals surface area (Å²) in [7, 11) is 1.48. The van der Waals surface area contributed by atoms with E-state index < -0.39 is 17.8 Å². The molecule has 0 radical (unpaired) electrons. The fraction of sp³-hybridized carbons (Fsp3) is 0.250. The summed E-state index contributed by atoms with van der Waals surface area (Å²) in [5.41, 5.74) is 4.59. The molecule has 2 N–H and O–H groups in total. The summed E-state index contributed by atoms with van der Waals surface area (Å²) in [6.45, 7) is 0.520. The molecule has 1 aliphatic rings. The summed E-state index contributed by atoms with van der Waals surface area (Å²) < 4.78 is 21.7. The van der Waals surface area contributed by atoms with Crippen molar-refractivity contribution in [3.63, 3.8) is 0 Å². The predicted octanol–water partition coefficient (Wildman–Crippen LogP) is 4.19. The van der Waals surface area contributed by atoms with Gasteiger partial charge in [-0.05, 0) is 55.3 Å². The van der Waals surface area contributed by atoms with Gasteiger partial charge in [-0.3, -0.25) is 19.8 Å². The number of nitrogens with zero attached hydrogens (tertiary/aromatic N) is 6. The zero-order valence-corrected chi connectivity index (χ0v) is 21.2. The quantitative estimate of drug-likeness (QED) is 0.323. The van der Waals surface area contributed by atoms with E-state index in [4.69, 9.17) is 4.74 Å². The van der Waals surface area contributed by atoms with Gasteiger partial charge in [-0.15, -0.1) is 5.10 Å². The van der Waals surface area contributed by atoms with Gasteiger partial charge in [0.2, 0.25) is 0 Å². The number of piperidine rings is 1. The molecule has 1 aliphatic heterocycles. The van der Waals surface area contributed by atoms with Crippen LogP contribution < -0.4 is 4.74 Å². The van der Waals surface area contributed by atoms with Crippen molar-refractivity contribution in [3.8, 4) is 22.7 Å². The van der Waals surface area contributed by atoms with Gasteiger partial charge < -0.3 is 9.84 Å². The summed E-state index contributed by atoms with van der Waals surface area (Å²) in [6, 6.07) is 13.6. The van der Waals surface area contributed by atoms with Crippen LogP contribution in [0.5, 0.6) is 5.75 Å². The highest BCUT2D eigenvalue weighted by Gasteiger charge is 2.35. The van der Waals surface area contributed by atoms with Crippen LogP contribution in [0, 0.1) is 5.82 Å². The van der Waals surface area contributed by atoms with Gasteiger partial charge in [0.15, 0.2) is 0 Å². The summed E-state index contributed by atoms with van der Waals surface area (Å²) in [4.78, 5) is 17.9. The van der Waals surface area contributed by atoms with Gasteiger partial charge in [0, 0.05) is 47.9 Å². The average Bonchev–Trinajstić information content (AvgIpc) is 3.62. The minimum absolute atomic E-state index is 0.0582. The number of pyridine rings is 1. The molecule has 0 amide bonds. The molecule has 2 aromatic carbocycles. The topological polar surface area (TPSA) is 122 Å². The molecule has 0 spiro atoms. The number of methoxy groups -OCH3 is 1. The number of hydrogen-bond donors (Lipinski definition) is 2. The molecular weight excluding hydrogens is 501 g/mol. The third kappa shape index (κ3) is 4.72. The third-order valence-electron chi connectivity index (χ3n) is 7.32. The lowest BCUT2D eigenvalue weighted by molar-refractivity contribution is -0.145. The van der Waals surface area contributed by atoms with E-state index in [1.807, 2.05) is 36.5 Å². The average molecular weight is 528 g/mol. The Labute approximate surface area is 223 Å². The molecule has 6 rings (SSSR count). The van der Waals surface area contributed by atoms with E-state index in [0.717, 1.165) is 33.5 Å². The van der Waals surface area contributed by atoms with Gasteiger partial charge in [0.25, 0.3) is 0 Å². The zero-order chi connectivity index (χ0) is 26.9. The molecular formula is C28H26FN7O3. The Kier molecular flexibility index (Phi) is 6.49. The van der Waals surface area contributed by atoms with Crippen LogP contribution in [0.4, 0.5) is 4.39 Å². The second-order valence-electron chi connectivity index (χ2n) is 9.60. The first kappa shape index (κ1) is 24.7. The van der Waals surface area contributed by atoms with Crippen molar-refractivity contribution in [3.05, 3.63) is 84.2 Å². The molecule has 10 nitrogen and oxygen atoms in total. The number of fused-ring (bicyclic) bond motifs is 1. The van der Waals surface area contributed by atoms with Crippen LogP contribution in [0.2, 0.25) is 0 Å². The van der Waals surface area contributed by atoms with E-state index in [0.29, 0.717) is 30.7 Å². The number of rotatable bonds is 7. The van der Waals surface area contributed by atoms with E-state index in [9.17, 15) is 14.3 Å². The minimum atomic E-state index is -0.925. The Morgan fingerprint density at radius 3 is 2.82 bits per heavy atom. The standard InChI is InChI=1S/C28H26FN7O3/c1-39-26-4-2-3-22(29)21(26)15-35-14-18(5-8-25(35)28(37)38)24-16-36(34-32-24)19-6-7-23-20(13-19)27(33-31-23)17-9-11-30-12-10-17/h2-4,6-7,9-13,16,18,25H,5,8,14-15H2,1H3,(H,31,33)(H,37,38)/t18?,25-/m0/s1. The van der Waals surface area contributed by atoms with Crippen molar-refractivity contribution >= 4 is 16.9 Å². The molecule has 39 heavy (non-hydrogen) atoms. The first-order valence-electron chi connectivity index (χ1n) is 12.6. The Balaban J connectivity index is 1.27. The number of carbonyl (C=O) groups is 1. The Hall–Kier alpha value is -4.64. The highest BCUT2D eigenvalue weighted by molar-refractivity contribution is 5.94. The number of aromatic amines is 1. The van der Waals surface area contributed by atoms with Crippen LogP contribution >= 0.6 is 0 Å². The molecule has 0 bridgehead atoms. The van der Waals surface area contributed by atoms with E-state index in [-0.39, 0.29) is 12.5 Å². The van der Waals surface area contributed by atoms with Crippen LogP contribution in [0.3, 0.4) is 0 Å². The van der Waals surface area contributed by atoms with Crippen LogP contribution in [0.1, 0.15) is 30.0 Å². The summed E-state index contributed by atoms with van der Waals surface area (Å²) in [6.07, 6.45) is 6.39. The van der Waals surface area contributed by atoms with Crippen LogP contribution in [-0.4, -0.2) is 65.8 Å². The lowest BCUT2D eigenvalue weighted by Crippen LogP contribution is -2.46. The third-order valence-corrected chi connectivity index (χ3v) is 7.32. The molecule has 0 saturated carbocycles. The number of H-pyrrole nitrogens is 1. The number of carboxylic acid groups (broad SMARTS) is 1. The molecule has 0 aliphatic carbocycles. The van der Waals surface area contributed by atoms with Crippen molar-refractivity contribution in [1.29, 1.82) is 0 Å². The molecule has 1 unspecified atom stereocenters. The highest BCUT2D eigenvalue weighted by Crippen LogP contribution is 2.33. The molecule has 3 aromatic heterocycles. The number of benzene rings is 2. The lowest BCUT2D eigenvalue weighted by Gasteiger charge is -2.37. The first-order chi connectivity index (χ1) is 19.0. The van der Waals surface area contributed by atoms with Crippen LogP contribution in [0.15, 0.2) is 67.1 Å². The van der Waals surface area contributed by atoms with Gasteiger partial charge in [0.1, 0.15) is 23.3 Å². The number of nitrogens with one attached hydrogen (secondary N) is 1. The maximum absolute atomic E-state index is 14.7. The predicted molar refractivity (Wildman–Crippen MR) is 141 cm³/mol. The van der Waals surface area contributed by atoms with Gasteiger partial charge in [-0.25, -0.2) is 9.07 Å². The number of hydrogen-bond acceptors (Lipinski definition) is 7. The molecule has 4 heterocycles. The molecule has 1 saturated heterocycles. The molecule has 198 valence electrons. The smallest absolute Gasteiger partial charge is 0.320 e. The fourth-order valence-corrected chi connectivity index (χ4v) is 5.29. The van der Waals surface area contributed by atoms with Crippen molar-refractivity contribution in [1.82, 2.24) is 35.1 Å². The normalized spacial score (nSPS) is 17.9. The number of aliphatic carboxylic acids is 1. The Morgan fingerprint density at radius 2 is 2.03 bits per heavy atom. The second kappa shape index (κ2) is 10.3. The van der Waals surface area contributed by atoms with Crippen molar-refractivity contribution < 1.29 is 19.0 Å². The van der Waals surface area contributed by atoms with Gasteiger partial charge >= 0.3 is 5.97 Å². The van der Waals surface area contributed by atoms with E-state index in [1.54, 1.807) is 34.1 Å². The maximum atomic E-state index is 14.7. The van der Waals surface area contributed by atoms with Gasteiger partial charge in [-0.2, -0.15) is 5.10 Å². The monoisotopic (exact) mass is 527 g/mol. The van der Waals surface area contributed by atoms with Gasteiger partial charge in [-0.1, -0.05) is 11.3 Å². The largest absolute Gasteiger partial charge is 0.496 e. The molecule has 2 atom stereocenters. The summed E-state index contributed by atoms with van der Waals surface area (Å²) in [5, 5.41) is 27.2. The van der Waals surface area contributed by atoms with E-state index >= 15 is 0 Å². The number of halogens is 1. The van der Waals surface area contributed by atoms with Gasteiger partial charge in [0.05, 0.1) is 30.2 Å². The summed E-state index contributed by atoms with van der Waals surface area (Å²) in [5.74, 6) is -1.01. The van der Waals surface area contributed by atoms with Crippen molar-refractivity contribution in [2.45, 2.75) is 31.3 Å². The van der Waals surface area contributed by atoms with Crippen molar-refractivity contribution in [2.24, 2.45) is 0 Å². The number of carboxylic acids is 1.